The molecular weight excluding hydrogens is 451 g/mol. The van der Waals surface area contributed by atoms with Crippen molar-refractivity contribution in [2.24, 2.45) is 0 Å². The predicted molar refractivity (Wildman–Crippen MR) is 112 cm³/mol. The van der Waals surface area contributed by atoms with Crippen molar-refractivity contribution in [3.8, 4) is 11.5 Å². The molecule has 2 heterocycles. The number of hydrogen-bond acceptors (Lipinski definition) is 3. The largest absolute Gasteiger partial charge is 0.436 e. The zero-order chi connectivity index (χ0) is 19.1. The van der Waals surface area contributed by atoms with Crippen LogP contribution in [0.4, 0.5) is 0 Å². The summed E-state index contributed by atoms with van der Waals surface area (Å²) in [6.07, 6.45) is 3.27. The minimum atomic E-state index is 0.0423. The van der Waals surface area contributed by atoms with Crippen LogP contribution in [0, 0.1) is 0 Å². The van der Waals surface area contributed by atoms with Crippen molar-refractivity contribution in [1.29, 1.82) is 0 Å². The molecule has 2 aromatic carbocycles. The smallest absolute Gasteiger partial charge is 0.254 e. The molecule has 0 spiro atoms. The van der Waals surface area contributed by atoms with E-state index in [4.69, 9.17) is 27.6 Å². The highest BCUT2D eigenvalue weighted by Gasteiger charge is 2.25. The molecule has 1 aliphatic heterocycles. The number of rotatable bonds is 2. The van der Waals surface area contributed by atoms with Crippen LogP contribution >= 0.6 is 39.1 Å². The molecule has 1 aliphatic rings. The highest BCUT2D eigenvalue weighted by Crippen LogP contribution is 2.37. The summed E-state index contributed by atoms with van der Waals surface area (Å²) < 4.78 is 6.53. The van der Waals surface area contributed by atoms with Crippen molar-refractivity contribution < 1.29 is 9.21 Å². The quantitative estimate of drug-likeness (QED) is 0.400. The van der Waals surface area contributed by atoms with Crippen LogP contribution in [-0.2, 0) is 0 Å². The number of benzene rings is 2. The number of hydrogen-bond donors (Lipinski definition) is 0. The van der Waals surface area contributed by atoms with Gasteiger partial charge in [0.05, 0.1) is 10.6 Å². The van der Waals surface area contributed by atoms with E-state index in [0.717, 1.165) is 19.4 Å². The molecule has 0 unspecified atom stereocenters. The number of piperidine rings is 1. The number of amides is 1. The standard InChI is InChI=1S/C20H17BrCl2N2O2/c1-11-4-2-3-7-25(11)20(26)12-5-6-17-16(8-12)24-19(27-17)14-9-13(22)10-15(23)18(14)21/h5-6,8-11H,2-4,7H2,1H3/t11-/m0/s1. The summed E-state index contributed by atoms with van der Waals surface area (Å²) in [5.74, 6) is 0.442. The van der Waals surface area contributed by atoms with E-state index in [9.17, 15) is 4.79 Å². The van der Waals surface area contributed by atoms with Gasteiger partial charge < -0.3 is 9.32 Å². The van der Waals surface area contributed by atoms with E-state index in [2.05, 4.69) is 27.8 Å². The molecule has 0 saturated carbocycles. The maximum atomic E-state index is 12.9. The van der Waals surface area contributed by atoms with E-state index in [1.54, 1.807) is 30.3 Å². The molecule has 0 radical (unpaired) electrons. The fourth-order valence-electron chi connectivity index (χ4n) is 3.45. The lowest BCUT2D eigenvalue weighted by atomic mass is 10.0. The number of halogens is 3. The van der Waals surface area contributed by atoms with E-state index in [-0.39, 0.29) is 11.9 Å². The average molecular weight is 468 g/mol. The van der Waals surface area contributed by atoms with Gasteiger partial charge in [-0.15, -0.1) is 0 Å². The Morgan fingerprint density at radius 2 is 2.07 bits per heavy atom. The maximum Gasteiger partial charge on any atom is 0.254 e. The summed E-state index contributed by atoms with van der Waals surface area (Å²) in [6.45, 7) is 2.90. The van der Waals surface area contributed by atoms with Gasteiger partial charge in [-0.25, -0.2) is 4.98 Å². The lowest BCUT2D eigenvalue weighted by molar-refractivity contribution is 0.0636. The van der Waals surface area contributed by atoms with Crippen molar-refractivity contribution >= 4 is 56.1 Å². The lowest BCUT2D eigenvalue weighted by Crippen LogP contribution is -2.42. The van der Waals surface area contributed by atoms with Gasteiger partial charge in [-0.2, -0.15) is 0 Å². The Kier molecular flexibility index (Phi) is 5.19. The molecule has 0 aliphatic carbocycles. The summed E-state index contributed by atoms with van der Waals surface area (Å²) in [6, 6.07) is 9.01. The predicted octanol–water partition coefficient (Wildman–Crippen LogP) is 6.58. The first-order valence-electron chi connectivity index (χ1n) is 8.80. The third-order valence-corrected chi connectivity index (χ3v) is 6.52. The van der Waals surface area contributed by atoms with Gasteiger partial charge in [-0.05, 0) is 72.4 Å². The molecule has 0 bridgehead atoms. The topological polar surface area (TPSA) is 46.3 Å². The third-order valence-electron chi connectivity index (χ3n) is 4.92. The van der Waals surface area contributed by atoms with Gasteiger partial charge in [-0.3, -0.25) is 4.79 Å². The van der Waals surface area contributed by atoms with E-state index in [0.29, 0.717) is 42.6 Å². The van der Waals surface area contributed by atoms with Gasteiger partial charge in [0.1, 0.15) is 5.52 Å². The van der Waals surface area contributed by atoms with Crippen LogP contribution in [0.15, 0.2) is 39.2 Å². The molecule has 27 heavy (non-hydrogen) atoms. The van der Waals surface area contributed by atoms with Crippen LogP contribution < -0.4 is 0 Å². The van der Waals surface area contributed by atoms with Crippen LogP contribution in [0.5, 0.6) is 0 Å². The van der Waals surface area contributed by atoms with Gasteiger partial charge in [-0.1, -0.05) is 23.2 Å². The van der Waals surface area contributed by atoms with Crippen LogP contribution in [0.2, 0.25) is 10.0 Å². The molecule has 1 amide bonds. The zero-order valence-electron chi connectivity index (χ0n) is 14.6. The molecule has 1 aromatic heterocycles. The van der Waals surface area contributed by atoms with Gasteiger partial charge in [0, 0.05) is 27.6 Å². The molecule has 0 N–H and O–H groups in total. The normalized spacial score (nSPS) is 17.5. The first-order valence-corrected chi connectivity index (χ1v) is 10.4. The van der Waals surface area contributed by atoms with Crippen molar-refractivity contribution in [3.05, 3.63) is 50.4 Å². The van der Waals surface area contributed by atoms with Gasteiger partial charge >= 0.3 is 0 Å². The highest BCUT2D eigenvalue weighted by molar-refractivity contribution is 9.10. The molecule has 1 saturated heterocycles. The lowest BCUT2D eigenvalue weighted by Gasteiger charge is -2.33. The number of nitrogens with zero attached hydrogens (tertiary/aromatic N) is 2. The monoisotopic (exact) mass is 466 g/mol. The Morgan fingerprint density at radius 1 is 1.26 bits per heavy atom. The third kappa shape index (κ3) is 3.60. The van der Waals surface area contributed by atoms with Gasteiger partial charge in [0.2, 0.25) is 5.89 Å². The minimum Gasteiger partial charge on any atom is -0.436 e. The Balaban J connectivity index is 1.71. The minimum absolute atomic E-state index is 0.0423. The number of carbonyl (C=O) groups excluding carboxylic acids is 1. The Hall–Kier alpha value is -1.56. The SMILES string of the molecule is C[C@H]1CCCCN1C(=O)c1ccc2oc(-c3cc(Cl)cc(Cl)c3Br)nc2c1. The Labute approximate surface area is 175 Å². The summed E-state index contributed by atoms with van der Waals surface area (Å²) >= 11 is 15.7. The van der Waals surface area contributed by atoms with Crippen LogP contribution in [0.3, 0.4) is 0 Å². The van der Waals surface area contributed by atoms with E-state index in [1.165, 1.54) is 6.42 Å². The zero-order valence-corrected chi connectivity index (χ0v) is 17.7. The van der Waals surface area contributed by atoms with Crippen LogP contribution in [-0.4, -0.2) is 28.4 Å². The van der Waals surface area contributed by atoms with Crippen molar-refractivity contribution in [2.75, 3.05) is 6.54 Å². The van der Waals surface area contributed by atoms with E-state index >= 15 is 0 Å². The van der Waals surface area contributed by atoms with Gasteiger partial charge in [0.15, 0.2) is 5.58 Å². The molecule has 3 aromatic rings. The highest BCUT2D eigenvalue weighted by atomic mass is 79.9. The maximum absolute atomic E-state index is 12.9. The van der Waals surface area contributed by atoms with E-state index in [1.807, 2.05) is 4.90 Å². The summed E-state index contributed by atoms with van der Waals surface area (Å²) in [4.78, 5) is 19.4. The molecule has 4 rings (SSSR count). The number of likely N-dealkylation sites (tertiary alicyclic amines) is 1. The number of oxazole rings is 1. The van der Waals surface area contributed by atoms with Crippen molar-refractivity contribution in [3.63, 3.8) is 0 Å². The summed E-state index contributed by atoms with van der Waals surface area (Å²) in [5.41, 5.74) is 2.53. The van der Waals surface area contributed by atoms with E-state index < -0.39 is 0 Å². The molecule has 4 nitrogen and oxygen atoms in total. The second-order valence-corrected chi connectivity index (χ2v) is 8.43. The van der Waals surface area contributed by atoms with Crippen molar-refractivity contribution in [1.82, 2.24) is 9.88 Å². The average Bonchev–Trinajstić information content (AvgIpc) is 3.07. The van der Waals surface area contributed by atoms with Crippen LogP contribution in [0.25, 0.3) is 22.6 Å². The van der Waals surface area contributed by atoms with Crippen LogP contribution in [0.1, 0.15) is 36.5 Å². The molecule has 1 fully saturated rings. The first kappa shape index (κ1) is 18.8. The summed E-state index contributed by atoms with van der Waals surface area (Å²) in [7, 11) is 0. The molecule has 1 atom stereocenters. The first-order chi connectivity index (χ1) is 12.9. The fourth-order valence-corrected chi connectivity index (χ4v) is 4.34. The number of aromatic nitrogens is 1. The summed E-state index contributed by atoms with van der Waals surface area (Å²) in [5, 5.41) is 0.977. The second-order valence-electron chi connectivity index (χ2n) is 6.79. The second kappa shape index (κ2) is 7.46. The number of carbonyl (C=O) groups is 1. The van der Waals surface area contributed by atoms with Crippen molar-refractivity contribution in [2.45, 2.75) is 32.2 Å². The molecular formula is C20H17BrCl2N2O2. The Bertz CT molecular complexity index is 1030. The molecule has 140 valence electrons. The molecule has 7 heteroatoms. The fraction of sp³-hybridized carbons (Fsp3) is 0.300. The van der Waals surface area contributed by atoms with Gasteiger partial charge in [0.25, 0.3) is 5.91 Å². The Morgan fingerprint density at radius 3 is 2.85 bits per heavy atom. The number of fused-ring (bicyclic) bond motifs is 1.